The molecule has 2 N–H and O–H groups in total. The summed E-state index contributed by atoms with van der Waals surface area (Å²) in [6, 6.07) is -7.22. The zero-order valence-electron chi connectivity index (χ0n) is 11.8. The van der Waals surface area contributed by atoms with Crippen LogP contribution in [0.25, 0.3) is 0 Å². The van der Waals surface area contributed by atoms with Crippen molar-refractivity contribution in [2.24, 2.45) is 0 Å². The standard InChI is InChI=1S/C8H2F16O4/c9-1(2(10,11)12,3(13,14)15)5(18,19)28-8(24,26)7(22,23)27-6(20,21)4(16,17)25/h25-26H. The minimum absolute atomic E-state index is 1.37. The monoisotopic (exact) mass is 466 g/mol. The Morgan fingerprint density at radius 1 is 0.429 bits per heavy atom. The zero-order chi connectivity index (χ0) is 23.4. The molecule has 0 aliphatic heterocycles. The van der Waals surface area contributed by atoms with Gasteiger partial charge in [-0.1, -0.05) is 0 Å². The van der Waals surface area contributed by atoms with Crippen LogP contribution in [0.5, 0.6) is 0 Å². The maximum atomic E-state index is 13.0. The Hall–Kier alpha value is -1.28. The lowest BCUT2D eigenvalue weighted by Gasteiger charge is -2.39. The summed E-state index contributed by atoms with van der Waals surface area (Å²) in [5, 5.41) is 15.6. The first kappa shape index (κ1) is 26.7. The molecule has 0 aliphatic rings. The first-order valence-corrected chi connectivity index (χ1v) is 5.54. The van der Waals surface area contributed by atoms with Crippen molar-refractivity contribution in [1.82, 2.24) is 0 Å². The van der Waals surface area contributed by atoms with Crippen LogP contribution in [-0.4, -0.2) is 58.7 Å². The van der Waals surface area contributed by atoms with Gasteiger partial charge >= 0.3 is 48.5 Å². The molecular weight excluding hydrogens is 464 g/mol. The summed E-state index contributed by atoms with van der Waals surface area (Å²) in [6.45, 7) is 0. The van der Waals surface area contributed by atoms with Crippen molar-refractivity contribution in [1.29, 1.82) is 0 Å². The normalized spacial score (nSPS) is 18.2. The van der Waals surface area contributed by atoms with E-state index in [1.165, 1.54) is 9.47 Å². The Kier molecular flexibility index (Phi) is 6.32. The number of rotatable bonds is 7. The third-order valence-corrected chi connectivity index (χ3v) is 2.41. The van der Waals surface area contributed by atoms with E-state index in [-0.39, 0.29) is 0 Å². The molecule has 0 amide bonds. The first-order valence-electron chi connectivity index (χ1n) is 5.54. The van der Waals surface area contributed by atoms with Crippen molar-refractivity contribution in [2.45, 2.75) is 48.5 Å². The Morgan fingerprint density at radius 3 is 1.00 bits per heavy atom. The van der Waals surface area contributed by atoms with Crippen LogP contribution < -0.4 is 0 Å². The number of ether oxygens (including phenoxy) is 2. The van der Waals surface area contributed by atoms with Crippen LogP contribution in [0, 0.1) is 0 Å². The van der Waals surface area contributed by atoms with Crippen LogP contribution in [0.1, 0.15) is 0 Å². The van der Waals surface area contributed by atoms with E-state index in [2.05, 4.69) is 0 Å². The molecule has 4 nitrogen and oxygen atoms in total. The molecule has 0 spiro atoms. The quantitative estimate of drug-likeness (QED) is 0.443. The fourth-order valence-corrected chi connectivity index (χ4v) is 1.08. The van der Waals surface area contributed by atoms with E-state index in [1.54, 1.807) is 0 Å². The topological polar surface area (TPSA) is 58.9 Å². The van der Waals surface area contributed by atoms with Crippen LogP contribution in [0.3, 0.4) is 0 Å². The molecule has 0 saturated heterocycles. The van der Waals surface area contributed by atoms with E-state index < -0.39 is 48.5 Å². The van der Waals surface area contributed by atoms with Crippen LogP contribution in [0.2, 0.25) is 0 Å². The van der Waals surface area contributed by atoms with Gasteiger partial charge in [-0.05, 0) is 0 Å². The molecule has 0 aromatic heterocycles. The molecule has 0 aromatic rings. The lowest BCUT2D eigenvalue weighted by atomic mass is 10.0. The maximum absolute atomic E-state index is 13.0. The van der Waals surface area contributed by atoms with Crippen LogP contribution in [0.15, 0.2) is 0 Å². The number of halogens is 16. The van der Waals surface area contributed by atoms with Crippen molar-refractivity contribution in [3.05, 3.63) is 0 Å². The molecular formula is C8H2F16O4. The molecule has 1 atom stereocenters. The number of hydrogen-bond acceptors (Lipinski definition) is 4. The van der Waals surface area contributed by atoms with Gasteiger partial charge < -0.3 is 10.2 Å². The first-order chi connectivity index (χ1) is 11.7. The van der Waals surface area contributed by atoms with Gasteiger partial charge in [0, 0.05) is 0 Å². The van der Waals surface area contributed by atoms with Gasteiger partial charge in [0.05, 0.1) is 0 Å². The average molecular weight is 466 g/mol. The highest BCUT2D eigenvalue weighted by atomic mass is 19.4. The SMILES string of the molecule is OC(F)(F)C(F)(F)OC(F)(F)C(O)(F)OC(F)(F)C(F)(C(F)(F)F)C(F)(F)F. The van der Waals surface area contributed by atoms with Crippen molar-refractivity contribution in [3.63, 3.8) is 0 Å². The van der Waals surface area contributed by atoms with Crippen molar-refractivity contribution in [2.75, 3.05) is 0 Å². The van der Waals surface area contributed by atoms with Gasteiger partial charge in [-0.3, -0.25) is 0 Å². The highest BCUT2D eigenvalue weighted by Gasteiger charge is 2.87. The summed E-state index contributed by atoms with van der Waals surface area (Å²) in [5.41, 5.74) is -8.02. The second kappa shape index (κ2) is 6.62. The Labute approximate surface area is 140 Å². The molecule has 0 bridgehead atoms. The lowest BCUT2D eigenvalue weighted by Crippen LogP contribution is -2.68. The average Bonchev–Trinajstić information content (AvgIpc) is 2.30. The number of alkyl halides is 16. The Bertz CT molecular complexity index is 542. The lowest BCUT2D eigenvalue weighted by molar-refractivity contribution is -0.573. The largest absolute Gasteiger partial charge is 0.452 e. The molecule has 170 valence electrons. The molecule has 0 saturated carbocycles. The molecule has 0 rings (SSSR count). The van der Waals surface area contributed by atoms with Crippen LogP contribution in [-0.2, 0) is 9.47 Å². The minimum Gasteiger partial charge on any atom is -0.333 e. The van der Waals surface area contributed by atoms with E-state index in [0.717, 1.165) is 0 Å². The van der Waals surface area contributed by atoms with Gasteiger partial charge in [0.1, 0.15) is 0 Å². The van der Waals surface area contributed by atoms with Crippen LogP contribution in [0.4, 0.5) is 70.2 Å². The van der Waals surface area contributed by atoms with Gasteiger partial charge in [-0.2, -0.15) is 65.9 Å². The van der Waals surface area contributed by atoms with Crippen molar-refractivity contribution >= 4 is 0 Å². The minimum atomic E-state index is -8.02. The zero-order valence-corrected chi connectivity index (χ0v) is 11.8. The van der Waals surface area contributed by atoms with Gasteiger partial charge in [-0.25, -0.2) is 13.9 Å². The summed E-state index contributed by atoms with van der Waals surface area (Å²) in [4.78, 5) is 0. The van der Waals surface area contributed by atoms with Crippen molar-refractivity contribution in [3.8, 4) is 0 Å². The molecule has 0 fully saturated rings. The summed E-state index contributed by atoms with van der Waals surface area (Å²) in [6.07, 6.45) is -44.5. The molecule has 20 heteroatoms. The Morgan fingerprint density at radius 2 is 0.750 bits per heavy atom. The smallest absolute Gasteiger partial charge is 0.333 e. The van der Waals surface area contributed by atoms with Gasteiger partial charge in [0.25, 0.3) is 0 Å². The van der Waals surface area contributed by atoms with E-state index in [4.69, 9.17) is 10.2 Å². The highest BCUT2D eigenvalue weighted by molar-refractivity contribution is 5.02. The maximum Gasteiger partial charge on any atom is 0.452 e. The predicted octanol–water partition coefficient (Wildman–Crippen LogP) is 3.83. The van der Waals surface area contributed by atoms with Gasteiger partial charge in [-0.15, -0.1) is 0 Å². The number of aliphatic hydroxyl groups is 2. The van der Waals surface area contributed by atoms with E-state index in [0.29, 0.717) is 0 Å². The van der Waals surface area contributed by atoms with E-state index in [9.17, 15) is 70.2 Å². The van der Waals surface area contributed by atoms with Gasteiger partial charge in [0.15, 0.2) is 0 Å². The van der Waals surface area contributed by atoms with Crippen LogP contribution >= 0.6 is 0 Å². The van der Waals surface area contributed by atoms with Gasteiger partial charge in [0.2, 0.25) is 0 Å². The molecule has 0 heterocycles. The fraction of sp³-hybridized carbons (Fsp3) is 1.00. The predicted molar refractivity (Wildman–Crippen MR) is 46.2 cm³/mol. The van der Waals surface area contributed by atoms with E-state index in [1.807, 2.05) is 0 Å². The molecule has 1 unspecified atom stereocenters. The number of hydrogen-bond donors (Lipinski definition) is 2. The third-order valence-electron chi connectivity index (χ3n) is 2.41. The second-order valence-corrected chi connectivity index (χ2v) is 4.51. The Balaban J connectivity index is 6.14. The third kappa shape index (κ3) is 4.48. The highest BCUT2D eigenvalue weighted by Crippen LogP contribution is 2.57. The summed E-state index contributed by atoms with van der Waals surface area (Å²) in [5.74, 6) is 0. The molecule has 28 heavy (non-hydrogen) atoms. The molecule has 0 radical (unpaired) electrons. The molecule has 0 aliphatic carbocycles. The van der Waals surface area contributed by atoms with E-state index >= 15 is 0 Å². The van der Waals surface area contributed by atoms with Crippen molar-refractivity contribution < 1.29 is 89.9 Å². The summed E-state index contributed by atoms with van der Waals surface area (Å²) >= 11 is 0. The second-order valence-electron chi connectivity index (χ2n) is 4.51. The molecule has 0 aromatic carbocycles. The summed E-state index contributed by atoms with van der Waals surface area (Å²) in [7, 11) is 0. The summed E-state index contributed by atoms with van der Waals surface area (Å²) < 4.78 is 201. The fourth-order valence-electron chi connectivity index (χ4n) is 1.08.